The van der Waals surface area contributed by atoms with E-state index < -0.39 is 5.60 Å². The number of nitrogens with one attached hydrogen (secondary N) is 1. The Morgan fingerprint density at radius 3 is 3.29 bits per heavy atom. The summed E-state index contributed by atoms with van der Waals surface area (Å²) in [6.45, 7) is 0.719. The normalized spacial score (nSPS) is 29.9. The maximum atomic E-state index is 12.1. The zero-order valence-corrected chi connectivity index (χ0v) is 7.56. The van der Waals surface area contributed by atoms with Gasteiger partial charge in [0, 0.05) is 25.4 Å². The van der Waals surface area contributed by atoms with E-state index >= 15 is 0 Å². The fourth-order valence-corrected chi connectivity index (χ4v) is 1.95. The maximum Gasteiger partial charge on any atom is 0.217 e. The predicted octanol–water partition coefficient (Wildman–Crippen LogP) is 0.819. The highest BCUT2D eigenvalue weighted by Crippen LogP contribution is 2.30. The topological polar surface area (TPSA) is 43.3 Å². The lowest BCUT2D eigenvalue weighted by Crippen LogP contribution is -2.40. The largest absolute Gasteiger partial charge is 0.321 e. The van der Waals surface area contributed by atoms with Gasteiger partial charge in [0.05, 0.1) is 5.69 Å². The number of ketones is 1. The fraction of sp³-hybridized carbons (Fsp3) is 0.300. The van der Waals surface area contributed by atoms with Crippen molar-refractivity contribution in [3.8, 4) is 0 Å². The van der Waals surface area contributed by atoms with E-state index in [-0.39, 0.29) is 5.78 Å². The zero-order chi connectivity index (χ0) is 9.60. The summed E-state index contributed by atoms with van der Waals surface area (Å²) < 4.78 is 1.81. The number of carbonyl (C=O) groups is 1. The molecule has 1 spiro atoms. The number of fused-ring (bicyclic) bond motifs is 1. The molecule has 1 N–H and O–H groups in total. The summed E-state index contributed by atoms with van der Waals surface area (Å²) in [4.78, 5) is 17.4. The number of hydrogen-bond acceptors (Lipinski definition) is 3. The van der Waals surface area contributed by atoms with Gasteiger partial charge in [-0.15, -0.1) is 0 Å². The first kappa shape index (κ1) is 7.96. The molecule has 1 unspecified atom stereocenters. The quantitative estimate of drug-likeness (QED) is 0.658. The number of hydrogen-bond donors (Lipinski definition) is 1. The van der Waals surface area contributed by atoms with E-state index in [0.717, 1.165) is 6.54 Å². The lowest BCUT2D eigenvalue weighted by atomic mass is 9.91. The first-order chi connectivity index (χ1) is 6.82. The van der Waals surface area contributed by atoms with Crippen molar-refractivity contribution in [2.24, 2.45) is 0 Å². The second-order valence-electron chi connectivity index (χ2n) is 3.58. The van der Waals surface area contributed by atoms with E-state index in [1.54, 1.807) is 0 Å². The Labute approximate surface area is 81.1 Å². The first-order valence-corrected chi connectivity index (χ1v) is 4.64. The molecular formula is C10H10N2O2. The van der Waals surface area contributed by atoms with Gasteiger partial charge in [-0.05, 0) is 18.2 Å². The van der Waals surface area contributed by atoms with Crippen molar-refractivity contribution in [2.75, 3.05) is 6.54 Å². The SMILES string of the molecule is O=C1c2cccn2C=CC12CCNO2. The third-order valence-electron chi connectivity index (χ3n) is 2.75. The van der Waals surface area contributed by atoms with Gasteiger partial charge in [-0.25, -0.2) is 5.48 Å². The minimum absolute atomic E-state index is 0.0370. The molecule has 0 saturated carbocycles. The van der Waals surface area contributed by atoms with Crippen LogP contribution in [0.25, 0.3) is 6.20 Å². The van der Waals surface area contributed by atoms with Crippen LogP contribution in [0.1, 0.15) is 16.9 Å². The zero-order valence-electron chi connectivity index (χ0n) is 7.56. The summed E-state index contributed by atoms with van der Waals surface area (Å²) in [7, 11) is 0. The molecule has 1 atom stereocenters. The fourth-order valence-electron chi connectivity index (χ4n) is 1.95. The summed E-state index contributed by atoms with van der Waals surface area (Å²) in [5.41, 5.74) is 2.69. The van der Waals surface area contributed by atoms with Gasteiger partial charge in [0.2, 0.25) is 5.78 Å². The predicted molar refractivity (Wildman–Crippen MR) is 50.5 cm³/mol. The minimum Gasteiger partial charge on any atom is -0.321 e. The van der Waals surface area contributed by atoms with E-state index in [4.69, 9.17) is 4.84 Å². The smallest absolute Gasteiger partial charge is 0.217 e. The molecule has 0 amide bonds. The van der Waals surface area contributed by atoms with E-state index in [1.807, 2.05) is 35.2 Å². The van der Waals surface area contributed by atoms with Crippen LogP contribution in [0.15, 0.2) is 24.4 Å². The second kappa shape index (κ2) is 2.56. The third kappa shape index (κ3) is 0.867. The van der Waals surface area contributed by atoms with E-state index in [1.165, 1.54) is 0 Å². The standard InChI is InChI=1S/C10H10N2O2/c13-9-8-2-1-6-12(8)7-4-10(9)3-5-11-14-10/h1-2,4,6-7,11H,3,5H2. The Kier molecular flexibility index (Phi) is 1.45. The second-order valence-corrected chi connectivity index (χ2v) is 3.58. The monoisotopic (exact) mass is 190 g/mol. The van der Waals surface area contributed by atoms with Crippen LogP contribution >= 0.6 is 0 Å². The van der Waals surface area contributed by atoms with Gasteiger partial charge in [0.1, 0.15) is 0 Å². The van der Waals surface area contributed by atoms with Crippen LogP contribution < -0.4 is 5.48 Å². The molecule has 0 aliphatic carbocycles. The number of Topliss-reactive ketones (excluding diaryl/α,β-unsaturated/α-hetero) is 1. The van der Waals surface area contributed by atoms with E-state index in [9.17, 15) is 4.79 Å². The van der Waals surface area contributed by atoms with Crippen LogP contribution in [0.3, 0.4) is 0 Å². The molecule has 1 fully saturated rings. The molecule has 14 heavy (non-hydrogen) atoms. The summed E-state index contributed by atoms with van der Waals surface area (Å²) >= 11 is 0. The van der Waals surface area contributed by atoms with Gasteiger partial charge in [-0.2, -0.15) is 0 Å². The molecule has 3 heterocycles. The lowest BCUT2D eigenvalue weighted by molar-refractivity contribution is -0.00810. The van der Waals surface area contributed by atoms with Crippen molar-refractivity contribution >= 4 is 12.0 Å². The molecule has 1 saturated heterocycles. The average molecular weight is 190 g/mol. The molecule has 2 aliphatic heterocycles. The van der Waals surface area contributed by atoms with Crippen LogP contribution in [0.2, 0.25) is 0 Å². The Hall–Kier alpha value is -1.39. The molecule has 1 aromatic rings. The van der Waals surface area contributed by atoms with Gasteiger partial charge in [-0.3, -0.25) is 9.63 Å². The summed E-state index contributed by atoms with van der Waals surface area (Å²) in [6.07, 6.45) is 6.26. The van der Waals surface area contributed by atoms with Crippen LogP contribution in [-0.2, 0) is 4.84 Å². The number of carbonyl (C=O) groups excluding carboxylic acids is 1. The third-order valence-corrected chi connectivity index (χ3v) is 2.75. The molecule has 4 nitrogen and oxygen atoms in total. The molecule has 0 bridgehead atoms. The summed E-state index contributed by atoms with van der Waals surface area (Å²) in [5, 5.41) is 0. The van der Waals surface area contributed by atoms with Gasteiger partial charge in [0.25, 0.3) is 0 Å². The van der Waals surface area contributed by atoms with Crippen molar-refractivity contribution in [3.63, 3.8) is 0 Å². The summed E-state index contributed by atoms with van der Waals surface area (Å²) in [5.74, 6) is 0.0370. The number of hydroxylamine groups is 1. The van der Waals surface area contributed by atoms with E-state index in [2.05, 4.69) is 5.48 Å². The number of nitrogens with zero attached hydrogens (tertiary/aromatic N) is 1. The molecule has 1 aromatic heterocycles. The van der Waals surface area contributed by atoms with E-state index in [0.29, 0.717) is 12.1 Å². The lowest BCUT2D eigenvalue weighted by Gasteiger charge is -2.25. The summed E-state index contributed by atoms with van der Waals surface area (Å²) in [6, 6.07) is 3.67. The van der Waals surface area contributed by atoms with Gasteiger partial charge < -0.3 is 4.57 Å². The average Bonchev–Trinajstić information content (AvgIpc) is 2.83. The molecule has 3 rings (SSSR count). The van der Waals surface area contributed by atoms with Crippen LogP contribution in [0, 0.1) is 0 Å². The number of aromatic nitrogens is 1. The van der Waals surface area contributed by atoms with Crippen molar-refractivity contribution in [3.05, 3.63) is 30.1 Å². The first-order valence-electron chi connectivity index (χ1n) is 4.64. The molecule has 4 heteroatoms. The van der Waals surface area contributed by atoms with Crippen molar-refractivity contribution < 1.29 is 9.63 Å². The van der Waals surface area contributed by atoms with Crippen molar-refractivity contribution in [2.45, 2.75) is 12.0 Å². The van der Waals surface area contributed by atoms with Gasteiger partial charge in [0.15, 0.2) is 5.60 Å². The Bertz CT molecular complexity index is 414. The Balaban J connectivity index is 2.11. The van der Waals surface area contributed by atoms with Crippen molar-refractivity contribution in [1.82, 2.24) is 10.0 Å². The van der Waals surface area contributed by atoms with Crippen LogP contribution in [0.5, 0.6) is 0 Å². The molecule has 72 valence electrons. The van der Waals surface area contributed by atoms with Crippen molar-refractivity contribution in [1.29, 1.82) is 0 Å². The molecular weight excluding hydrogens is 180 g/mol. The number of rotatable bonds is 0. The maximum absolute atomic E-state index is 12.1. The van der Waals surface area contributed by atoms with Gasteiger partial charge in [-0.1, -0.05) is 0 Å². The van der Waals surface area contributed by atoms with Crippen LogP contribution in [0.4, 0.5) is 0 Å². The molecule has 2 aliphatic rings. The molecule has 0 radical (unpaired) electrons. The van der Waals surface area contributed by atoms with Crippen LogP contribution in [-0.4, -0.2) is 22.5 Å². The van der Waals surface area contributed by atoms with Gasteiger partial charge >= 0.3 is 0 Å². The minimum atomic E-state index is -0.756. The molecule has 0 aromatic carbocycles. The highest BCUT2D eigenvalue weighted by Gasteiger charge is 2.44. The Morgan fingerprint density at radius 1 is 1.57 bits per heavy atom. The highest BCUT2D eigenvalue weighted by molar-refractivity contribution is 6.05. The highest BCUT2D eigenvalue weighted by atomic mass is 16.7. The Morgan fingerprint density at radius 2 is 2.50 bits per heavy atom.